The second kappa shape index (κ2) is 8.90. The maximum atomic E-state index is 11.9. The molecule has 6 heteroatoms. The molecule has 2 amide bonds. The molecule has 0 spiro atoms. The van der Waals surface area contributed by atoms with Gasteiger partial charge >= 0.3 is 0 Å². The van der Waals surface area contributed by atoms with Gasteiger partial charge in [-0.25, -0.2) is 0 Å². The predicted octanol–water partition coefficient (Wildman–Crippen LogP) is 3.06. The summed E-state index contributed by atoms with van der Waals surface area (Å²) in [4.78, 5) is 23.7. The van der Waals surface area contributed by atoms with Gasteiger partial charge in [-0.3, -0.25) is 20.4 Å². The quantitative estimate of drug-likeness (QED) is 0.647. The first-order chi connectivity index (χ1) is 13.5. The number of amides is 2. The molecule has 0 radical (unpaired) electrons. The minimum atomic E-state index is -0.465. The van der Waals surface area contributed by atoms with E-state index in [2.05, 4.69) is 10.9 Å². The number of benzene rings is 3. The number of carbonyl (C=O) groups is 2. The van der Waals surface area contributed by atoms with Crippen molar-refractivity contribution in [3.05, 3.63) is 71.8 Å². The molecule has 0 aliphatic rings. The Kier molecular flexibility index (Phi) is 6.11. The largest absolute Gasteiger partial charge is 0.484 e. The molecule has 0 aliphatic carbocycles. The van der Waals surface area contributed by atoms with Gasteiger partial charge in [-0.05, 0) is 53.9 Å². The van der Waals surface area contributed by atoms with Crippen molar-refractivity contribution in [3.8, 4) is 11.5 Å². The molecule has 0 aliphatic heterocycles. The van der Waals surface area contributed by atoms with E-state index in [4.69, 9.17) is 9.47 Å². The summed E-state index contributed by atoms with van der Waals surface area (Å²) in [5, 5.41) is 2.12. The standard InChI is InChI=1S/C22H22N2O4/c1-15-7-8-16(2)20(11-15)28-14-22(26)24-23-21(25)13-27-19-10-9-17-5-3-4-6-18(17)12-19/h3-12H,13-14H2,1-2H3,(H,23,25)(H,24,26). The molecular formula is C22H22N2O4. The zero-order chi connectivity index (χ0) is 19.9. The maximum Gasteiger partial charge on any atom is 0.276 e. The highest BCUT2D eigenvalue weighted by molar-refractivity contribution is 5.85. The van der Waals surface area contributed by atoms with Crippen molar-refractivity contribution >= 4 is 22.6 Å². The Morgan fingerprint density at radius 1 is 0.786 bits per heavy atom. The summed E-state index contributed by atoms with van der Waals surface area (Å²) in [7, 11) is 0. The molecule has 3 aromatic carbocycles. The van der Waals surface area contributed by atoms with Gasteiger partial charge in [0.05, 0.1) is 0 Å². The van der Waals surface area contributed by atoms with Crippen molar-refractivity contribution in [1.82, 2.24) is 10.9 Å². The summed E-state index contributed by atoms with van der Waals surface area (Å²) in [5.41, 5.74) is 6.60. The summed E-state index contributed by atoms with van der Waals surface area (Å²) in [6, 6.07) is 19.2. The van der Waals surface area contributed by atoms with Crippen molar-refractivity contribution in [2.45, 2.75) is 13.8 Å². The third-order valence-corrected chi connectivity index (χ3v) is 4.13. The molecule has 0 saturated carbocycles. The molecule has 0 bridgehead atoms. The third kappa shape index (κ3) is 5.23. The van der Waals surface area contributed by atoms with E-state index < -0.39 is 11.8 Å². The van der Waals surface area contributed by atoms with Crippen LogP contribution in [0, 0.1) is 13.8 Å². The van der Waals surface area contributed by atoms with E-state index in [0.717, 1.165) is 21.9 Å². The summed E-state index contributed by atoms with van der Waals surface area (Å²) >= 11 is 0. The van der Waals surface area contributed by atoms with Crippen LogP contribution in [0.2, 0.25) is 0 Å². The molecular weight excluding hydrogens is 356 g/mol. The highest BCUT2D eigenvalue weighted by Crippen LogP contribution is 2.20. The topological polar surface area (TPSA) is 76.7 Å². The molecule has 28 heavy (non-hydrogen) atoms. The zero-order valence-electron chi connectivity index (χ0n) is 15.8. The van der Waals surface area contributed by atoms with E-state index in [1.54, 1.807) is 6.07 Å². The average molecular weight is 378 g/mol. The average Bonchev–Trinajstić information content (AvgIpc) is 2.71. The summed E-state index contributed by atoms with van der Waals surface area (Å²) in [5.74, 6) is 0.299. The lowest BCUT2D eigenvalue weighted by atomic mass is 10.1. The first kappa shape index (κ1) is 19.2. The van der Waals surface area contributed by atoms with Crippen LogP contribution in [0.15, 0.2) is 60.7 Å². The lowest BCUT2D eigenvalue weighted by molar-refractivity contribution is -0.131. The number of fused-ring (bicyclic) bond motifs is 1. The normalized spacial score (nSPS) is 10.4. The molecule has 6 nitrogen and oxygen atoms in total. The van der Waals surface area contributed by atoms with E-state index in [9.17, 15) is 9.59 Å². The number of rotatable bonds is 6. The number of hydrogen-bond donors (Lipinski definition) is 2. The Hall–Kier alpha value is -3.54. The molecule has 0 unspecified atom stereocenters. The number of hydrazine groups is 1. The van der Waals surface area contributed by atoms with Gasteiger partial charge in [-0.15, -0.1) is 0 Å². The monoisotopic (exact) mass is 378 g/mol. The first-order valence-corrected chi connectivity index (χ1v) is 8.90. The highest BCUT2D eigenvalue weighted by Gasteiger charge is 2.08. The van der Waals surface area contributed by atoms with Crippen molar-refractivity contribution in [2.75, 3.05) is 13.2 Å². The Morgan fingerprint density at radius 2 is 1.46 bits per heavy atom. The van der Waals surface area contributed by atoms with Crippen LogP contribution >= 0.6 is 0 Å². The Morgan fingerprint density at radius 3 is 2.21 bits per heavy atom. The van der Waals surface area contributed by atoms with Crippen LogP contribution < -0.4 is 20.3 Å². The predicted molar refractivity (Wildman–Crippen MR) is 107 cm³/mol. The molecule has 0 atom stereocenters. The van der Waals surface area contributed by atoms with Crippen LogP contribution in [0.3, 0.4) is 0 Å². The van der Waals surface area contributed by atoms with E-state index in [-0.39, 0.29) is 13.2 Å². The summed E-state index contributed by atoms with van der Waals surface area (Å²) in [6.07, 6.45) is 0. The number of aryl methyl sites for hydroxylation is 2. The van der Waals surface area contributed by atoms with Gasteiger partial charge < -0.3 is 9.47 Å². The van der Waals surface area contributed by atoms with Crippen molar-refractivity contribution in [2.24, 2.45) is 0 Å². The van der Waals surface area contributed by atoms with Crippen LogP contribution in [0.1, 0.15) is 11.1 Å². The van der Waals surface area contributed by atoms with Gasteiger partial charge in [-0.1, -0.05) is 42.5 Å². The molecule has 0 heterocycles. The van der Waals surface area contributed by atoms with E-state index in [0.29, 0.717) is 11.5 Å². The zero-order valence-corrected chi connectivity index (χ0v) is 15.8. The summed E-state index contributed by atoms with van der Waals surface area (Å²) in [6.45, 7) is 3.44. The van der Waals surface area contributed by atoms with Gasteiger partial charge in [0.2, 0.25) is 0 Å². The van der Waals surface area contributed by atoms with Crippen LogP contribution in [0.5, 0.6) is 11.5 Å². The van der Waals surface area contributed by atoms with Gasteiger partial charge in [0.25, 0.3) is 11.8 Å². The molecule has 0 fully saturated rings. The second-order valence-electron chi connectivity index (χ2n) is 6.45. The Balaban J connectivity index is 1.42. The Bertz CT molecular complexity index is 1000. The van der Waals surface area contributed by atoms with E-state index in [1.165, 1.54) is 0 Å². The van der Waals surface area contributed by atoms with Crippen molar-refractivity contribution in [3.63, 3.8) is 0 Å². The number of nitrogens with one attached hydrogen (secondary N) is 2. The lowest BCUT2D eigenvalue weighted by Crippen LogP contribution is -2.45. The number of carbonyl (C=O) groups excluding carboxylic acids is 2. The molecule has 0 saturated heterocycles. The SMILES string of the molecule is Cc1ccc(C)c(OCC(=O)NNC(=O)COc2ccc3ccccc3c2)c1. The molecule has 0 aromatic heterocycles. The molecule has 2 N–H and O–H groups in total. The minimum absolute atomic E-state index is 0.198. The van der Waals surface area contributed by atoms with Crippen LogP contribution in [0.25, 0.3) is 10.8 Å². The lowest BCUT2D eigenvalue weighted by Gasteiger charge is -2.11. The minimum Gasteiger partial charge on any atom is -0.484 e. The fourth-order valence-electron chi connectivity index (χ4n) is 2.62. The molecule has 3 rings (SSSR count). The first-order valence-electron chi connectivity index (χ1n) is 8.90. The Labute approximate surface area is 163 Å². The fourth-order valence-corrected chi connectivity index (χ4v) is 2.62. The third-order valence-electron chi connectivity index (χ3n) is 4.13. The highest BCUT2D eigenvalue weighted by atomic mass is 16.5. The number of ether oxygens (including phenoxy) is 2. The second-order valence-corrected chi connectivity index (χ2v) is 6.45. The van der Waals surface area contributed by atoms with Crippen molar-refractivity contribution < 1.29 is 19.1 Å². The van der Waals surface area contributed by atoms with Crippen LogP contribution in [-0.2, 0) is 9.59 Å². The fraction of sp³-hybridized carbons (Fsp3) is 0.182. The van der Waals surface area contributed by atoms with Gasteiger partial charge in [0.15, 0.2) is 13.2 Å². The van der Waals surface area contributed by atoms with Crippen LogP contribution in [0.4, 0.5) is 0 Å². The van der Waals surface area contributed by atoms with Gasteiger partial charge in [0.1, 0.15) is 11.5 Å². The summed E-state index contributed by atoms with van der Waals surface area (Å²) < 4.78 is 11.0. The van der Waals surface area contributed by atoms with E-state index >= 15 is 0 Å². The number of hydrogen-bond acceptors (Lipinski definition) is 4. The molecule has 3 aromatic rings. The maximum absolute atomic E-state index is 11.9. The van der Waals surface area contributed by atoms with Gasteiger partial charge in [0, 0.05) is 0 Å². The molecule has 144 valence electrons. The van der Waals surface area contributed by atoms with Crippen molar-refractivity contribution in [1.29, 1.82) is 0 Å². The smallest absolute Gasteiger partial charge is 0.276 e. The van der Waals surface area contributed by atoms with E-state index in [1.807, 2.05) is 68.4 Å². The van der Waals surface area contributed by atoms with Crippen LogP contribution in [-0.4, -0.2) is 25.0 Å². The van der Waals surface area contributed by atoms with Gasteiger partial charge in [-0.2, -0.15) is 0 Å².